The predicted octanol–water partition coefficient (Wildman–Crippen LogP) is 1.87. The zero-order chi connectivity index (χ0) is 12.3. The molecule has 2 aromatic rings. The van der Waals surface area contributed by atoms with Gasteiger partial charge in [-0.3, -0.25) is 4.68 Å². The van der Waals surface area contributed by atoms with Crippen LogP contribution in [0.2, 0.25) is 0 Å². The third-order valence-corrected chi connectivity index (χ3v) is 2.59. The van der Waals surface area contributed by atoms with E-state index >= 15 is 0 Å². The maximum atomic E-state index is 4.56. The number of aryl methyl sites for hydroxylation is 2. The lowest BCUT2D eigenvalue weighted by molar-refractivity contribution is 0.767. The Balaban J connectivity index is 2.46. The quantitative estimate of drug-likeness (QED) is 0.872. The number of rotatable bonds is 4. The Morgan fingerprint density at radius 2 is 2.18 bits per heavy atom. The molecule has 0 radical (unpaired) electrons. The van der Waals surface area contributed by atoms with Gasteiger partial charge in [0.25, 0.3) is 0 Å². The highest BCUT2D eigenvalue weighted by Crippen LogP contribution is 2.17. The van der Waals surface area contributed by atoms with E-state index in [1.54, 1.807) is 10.9 Å². The maximum Gasteiger partial charge on any atom is 0.180 e. The van der Waals surface area contributed by atoms with E-state index in [2.05, 4.69) is 27.3 Å². The topological polar surface area (TPSA) is 55.6 Å². The molecule has 2 heterocycles. The zero-order valence-electron chi connectivity index (χ0n) is 10.4. The minimum atomic E-state index is 0.723. The molecule has 0 aliphatic rings. The minimum absolute atomic E-state index is 0.723. The van der Waals surface area contributed by atoms with Crippen molar-refractivity contribution < 1.29 is 0 Å². The molecule has 2 aromatic heterocycles. The van der Waals surface area contributed by atoms with Crippen LogP contribution in [0.15, 0.2) is 18.3 Å². The molecule has 1 N–H and O–H groups in total. The van der Waals surface area contributed by atoms with Crippen molar-refractivity contribution in [1.29, 1.82) is 0 Å². The van der Waals surface area contributed by atoms with Gasteiger partial charge in [-0.15, -0.1) is 0 Å². The van der Waals surface area contributed by atoms with E-state index in [0.29, 0.717) is 0 Å². The fourth-order valence-electron chi connectivity index (χ4n) is 1.72. The van der Waals surface area contributed by atoms with Crippen LogP contribution in [-0.4, -0.2) is 26.8 Å². The summed E-state index contributed by atoms with van der Waals surface area (Å²) in [5, 5.41) is 7.21. The molecule has 2 rings (SSSR count). The fraction of sp³-hybridized carbons (Fsp3) is 0.417. The van der Waals surface area contributed by atoms with Crippen molar-refractivity contribution in [3.05, 3.63) is 24.0 Å². The largest absolute Gasteiger partial charge is 0.373 e. The van der Waals surface area contributed by atoms with E-state index in [1.807, 2.05) is 26.2 Å². The predicted molar refractivity (Wildman–Crippen MR) is 67.8 cm³/mol. The van der Waals surface area contributed by atoms with Crippen LogP contribution >= 0.6 is 0 Å². The molecule has 90 valence electrons. The molecule has 0 aliphatic heterocycles. The summed E-state index contributed by atoms with van der Waals surface area (Å²) in [6.07, 6.45) is 3.79. The van der Waals surface area contributed by atoms with Crippen LogP contribution < -0.4 is 5.32 Å². The molecule has 0 unspecified atom stereocenters. The van der Waals surface area contributed by atoms with Crippen molar-refractivity contribution in [3.8, 4) is 11.5 Å². The molecule has 0 spiro atoms. The number of anilines is 1. The van der Waals surface area contributed by atoms with Crippen LogP contribution in [0.1, 0.15) is 19.0 Å². The average Bonchev–Trinajstić information content (AvgIpc) is 2.75. The Morgan fingerprint density at radius 1 is 1.35 bits per heavy atom. The van der Waals surface area contributed by atoms with Crippen molar-refractivity contribution in [2.45, 2.75) is 19.8 Å². The summed E-state index contributed by atoms with van der Waals surface area (Å²) in [4.78, 5) is 9.02. The third kappa shape index (κ3) is 2.43. The van der Waals surface area contributed by atoms with Gasteiger partial charge in [0, 0.05) is 32.1 Å². The Kier molecular flexibility index (Phi) is 3.37. The molecule has 17 heavy (non-hydrogen) atoms. The lowest BCUT2D eigenvalue weighted by atomic mass is 10.2. The molecular formula is C12H17N5. The van der Waals surface area contributed by atoms with E-state index in [-0.39, 0.29) is 0 Å². The normalized spacial score (nSPS) is 10.5. The fourth-order valence-corrected chi connectivity index (χ4v) is 1.72. The molecular weight excluding hydrogens is 214 g/mol. The van der Waals surface area contributed by atoms with E-state index in [1.165, 1.54) is 0 Å². The highest BCUT2D eigenvalue weighted by atomic mass is 15.3. The maximum absolute atomic E-state index is 4.56. The first-order chi connectivity index (χ1) is 8.24. The lowest BCUT2D eigenvalue weighted by Crippen LogP contribution is -2.03. The van der Waals surface area contributed by atoms with Gasteiger partial charge < -0.3 is 5.32 Å². The van der Waals surface area contributed by atoms with Gasteiger partial charge in [-0.05, 0) is 12.5 Å². The van der Waals surface area contributed by atoms with E-state index < -0.39 is 0 Å². The number of hydrogen-bond donors (Lipinski definition) is 1. The van der Waals surface area contributed by atoms with Gasteiger partial charge in [-0.25, -0.2) is 9.97 Å². The number of aromatic nitrogens is 4. The summed E-state index contributed by atoms with van der Waals surface area (Å²) in [5.41, 5.74) is 1.99. The second-order valence-corrected chi connectivity index (χ2v) is 3.91. The molecule has 0 fully saturated rings. The summed E-state index contributed by atoms with van der Waals surface area (Å²) in [7, 11) is 3.76. The molecule has 5 nitrogen and oxygen atoms in total. The standard InChI is InChI=1S/C12H17N5/c1-4-5-9-8-11(13-2)16-12(15-9)10-6-7-14-17(10)3/h6-8H,4-5H2,1-3H3,(H,13,15,16). The van der Waals surface area contributed by atoms with Crippen LogP contribution in [0.4, 0.5) is 5.82 Å². The second kappa shape index (κ2) is 4.95. The van der Waals surface area contributed by atoms with Crippen molar-refractivity contribution in [3.63, 3.8) is 0 Å². The number of nitrogens with one attached hydrogen (secondary N) is 1. The SMILES string of the molecule is CCCc1cc(NC)nc(-c2ccnn2C)n1. The molecule has 0 aromatic carbocycles. The summed E-state index contributed by atoms with van der Waals surface area (Å²) >= 11 is 0. The van der Waals surface area contributed by atoms with Gasteiger partial charge in [0.2, 0.25) is 0 Å². The van der Waals surface area contributed by atoms with Crippen molar-refractivity contribution >= 4 is 5.82 Å². The summed E-state index contributed by atoms with van der Waals surface area (Å²) in [6.45, 7) is 2.14. The smallest absolute Gasteiger partial charge is 0.180 e. The monoisotopic (exact) mass is 231 g/mol. The summed E-state index contributed by atoms with van der Waals surface area (Å²) in [6, 6.07) is 3.91. The highest BCUT2D eigenvalue weighted by molar-refractivity contribution is 5.53. The Labute approximate surface area is 101 Å². The van der Waals surface area contributed by atoms with Crippen molar-refractivity contribution in [2.75, 3.05) is 12.4 Å². The van der Waals surface area contributed by atoms with Gasteiger partial charge in [0.05, 0.1) is 0 Å². The first-order valence-corrected chi connectivity index (χ1v) is 5.78. The number of nitrogens with zero attached hydrogens (tertiary/aromatic N) is 4. The molecule has 0 aliphatic carbocycles. The second-order valence-electron chi connectivity index (χ2n) is 3.91. The summed E-state index contributed by atoms with van der Waals surface area (Å²) in [5.74, 6) is 1.57. The lowest BCUT2D eigenvalue weighted by Gasteiger charge is -2.07. The first kappa shape index (κ1) is 11.6. The molecule has 0 amide bonds. The van der Waals surface area contributed by atoms with Gasteiger partial charge in [-0.1, -0.05) is 13.3 Å². The molecule has 0 atom stereocenters. The molecule has 0 saturated carbocycles. The number of hydrogen-bond acceptors (Lipinski definition) is 4. The van der Waals surface area contributed by atoms with Crippen molar-refractivity contribution in [2.24, 2.45) is 7.05 Å². The van der Waals surface area contributed by atoms with Crippen LogP contribution in [-0.2, 0) is 13.5 Å². The van der Waals surface area contributed by atoms with E-state index in [9.17, 15) is 0 Å². The average molecular weight is 231 g/mol. The van der Waals surface area contributed by atoms with Gasteiger partial charge >= 0.3 is 0 Å². The van der Waals surface area contributed by atoms with Crippen LogP contribution in [0, 0.1) is 0 Å². The molecule has 5 heteroatoms. The zero-order valence-corrected chi connectivity index (χ0v) is 10.4. The summed E-state index contributed by atoms with van der Waals surface area (Å²) < 4.78 is 1.78. The van der Waals surface area contributed by atoms with Crippen LogP contribution in [0.3, 0.4) is 0 Å². The van der Waals surface area contributed by atoms with E-state index in [4.69, 9.17) is 0 Å². The third-order valence-electron chi connectivity index (χ3n) is 2.59. The first-order valence-electron chi connectivity index (χ1n) is 5.78. The van der Waals surface area contributed by atoms with Gasteiger partial charge in [0.15, 0.2) is 5.82 Å². The Morgan fingerprint density at radius 3 is 2.76 bits per heavy atom. The Bertz CT molecular complexity index is 503. The van der Waals surface area contributed by atoms with E-state index in [0.717, 1.165) is 35.9 Å². The minimum Gasteiger partial charge on any atom is -0.373 e. The van der Waals surface area contributed by atoms with Crippen LogP contribution in [0.25, 0.3) is 11.5 Å². The highest BCUT2D eigenvalue weighted by Gasteiger charge is 2.09. The van der Waals surface area contributed by atoms with Gasteiger partial charge in [0.1, 0.15) is 11.5 Å². The van der Waals surface area contributed by atoms with Gasteiger partial charge in [-0.2, -0.15) is 5.10 Å². The van der Waals surface area contributed by atoms with Crippen molar-refractivity contribution in [1.82, 2.24) is 19.7 Å². The molecule has 0 bridgehead atoms. The Hall–Kier alpha value is -1.91. The molecule has 0 saturated heterocycles. The van der Waals surface area contributed by atoms with Crippen LogP contribution in [0.5, 0.6) is 0 Å².